The third-order valence-electron chi connectivity index (χ3n) is 3.09. The lowest BCUT2D eigenvalue weighted by atomic mass is 10.0. The van der Waals surface area contributed by atoms with Crippen LogP contribution >= 0.6 is 0 Å². The highest BCUT2D eigenvalue weighted by atomic mass is 16.3. The normalized spacial score (nSPS) is 18.9. The molecule has 98 valence electrons. The van der Waals surface area contributed by atoms with Crippen molar-refractivity contribution in [1.29, 1.82) is 0 Å². The van der Waals surface area contributed by atoms with Crippen molar-refractivity contribution in [2.45, 2.75) is 51.7 Å². The standard InChI is InChI=1S/C12H22N2O3/c1-9(15)3-4-12(17)13-11-5-7-14(8-6-11)10(2)16/h9,11,15H,3-8H2,1-2H3,(H,13,17). The first-order valence-electron chi connectivity index (χ1n) is 6.22. The summed E-state index contributed by atoms with van der Waals surface area (Å²) in [5.41, 5.74) is 0. The quantitative estimate of drug-likeness (QED) is 0.743. The van der Waals surface area contributed by atoms with Crippen molar-refractivity contribution in [3.05, 3.63) is 0 Å². The summed E-state index contributed by atoms with van der Waals surface area (Å²) in [6.45, 7) is 4.69. The Labute approximate surface area is 102 Å². The van der Waals surface area contributed by atoms with Gasteiger partial charge in [-0.15, -0.1) is 0 Å². The molecular weight excluding hydrogens is 220 g/mol. The molecule has 5 nitrogen and oxygen atoms in total. The van der Waals surface area contributed by atoms with Gasteiger partial charge in [0.05, 0.1) is 6.10 Å². The van der Waals surface area contributed by atoms with Gasteiger partial charge >= 0.3 is 0 Å². The first-order chi connectivity index (χ1) is 7.99. The third kappa shape index (κ3) is 5.17. The number of nitrogens with one attached hydrogen (secondary N) is 1. The average Bonchev–Trinajstić information content (AvgIpc) is 2.27. The van der Waals surface area contributed by atoms with Gasteiger partial charge in [-0.1, -0.05) is 0 Å². The van der Waals surface area contributed by atoms with Crippen LogP contribution in [0.25, 0.3) is 0 Å². The molecule has 1 fully saturated rings. The van der Waals surface area contributed by atoms with Crippen molar-refractivity contribution >= 4 is 11.8 Å². The number of carbonyl (C=O) groups excluding carboxylic acids is 2. The molecule has 5 heteroatoms. The number of piperidine rings is 1. The second-order valence-corrected chi connectivity index (χ2v) is 4.74. The maximum atomic E-state index is 11.5. The Morgan fingerprint density at radius 2 is 2.00 bits per heavy atom. The summed E-state index contributed by atoms with van der Waals surface area (Å²) in [7, 11) is 0. The number of likely N-dealkylation sites (tertiary alicyclic amines) is 1. The number of carbonyl (C=O) groups is 2. The zero-order valence-electron chi connectivity index (χ0n) is 10.6. The molecule has 1 saturated heterocycles. The van der Waals surface area contributed by atoms with Gasteiger partial charge in [-0.05, 0) is 26.2 Å². The number of hydrogen-bond acceptors (Lipinski definition) is 3. The Hall–Kier alpha value is -1.10. The highest BCUT2D eigenvalue weighted by molar-refractivity contribution is 5.76. The summed E-state index contributed by atoms with van der Waals surface area (Å²) in [6, 6.07) is 0.173. The molecule has 0 spiro atoms. The van der Waals surface area contributed by atoms with Crippen LogP contribution in [-0.4, -0.2) is 47.1 Å². The van der Waals surface area contributed by atoms with Crippen LogP contribution in [0.5, 0.6) is 0 Å². The molecule has 0 aromatic carbocycles. The molecule has 1 rings (SSSR count). The van der Waals surface area contributed by atoms with Crippen LogP contribution in [0.2, 0.25) is 0 Å². The van der Waals surface area contributed by atoms with E-state index in [0.29, 0.717) is 12.8 Å². The zero-order valence-corrected chi connectivity index (χ0v) is 10.6. The lowest BCUT2D eigenvalue weighted by molar-refractivity contribution is -0.130. The van der Waals surface area contributed by atoms with E-state index in [1.165, 1.54) is 0 Å². The van der Waals surface area contributed by atoms with Gasteiger partial charge in [0, 0.05) is 32.5 Å². The van der Waals surface area contributed by atoms with Gasteiger partial charge in [0.15, 0.2) is 0 Å². The van der Waals surface area contributed by atoms with Crippen molar-refractivity contribution in [2.75, 3.05) is 13.1 Å². The van der Waals surface area contributed by atoms with Gasteiger partial charge in [0.2, 0.25) is 11.8 Å². The molecule has 17 heavy (non-hydrogen) atoms. The highest BCUT2D eigenvalue weighted by Gasteiger charge is 2.21. The average molecular weight is 242 g/mol. The number of amides is 2. The van der Waals surface area contributed by atoms with Gasteiger partial charge in [-0.2, -0.15) is 0 Å². The van der Waals surface area contributed by atoms with Crippen molar-refractivity contribution in [1.82, 2.24) is 10.2 Å². The molecule has 1 unspecified atom stereocenters. The first kappa shape index (κ1) is 14.0. The minimum Gasteiger partial charge on any atom is -0.393 e. The summed E-state index contributed by atoms with van der Waals surface area (Å²) < 4.78 is 0. The zero-order chi connectivity index (χ0) is 12.8. The second-order valence-electron chi connectivity index (χ2n) is 4.74. The molecule has 0 aliphatic carbocycles. The molecule has 2 amide bonds. The molecule has 1 aliphatic rings. The van der Waals surface area contributed by atoms with Crippen LogP contribution in [0.4, 0.5) is 0 Å². The van der Waals surface area contributed by atoms with E-state index < -0.39 is 6.10 Å². The van der Waals surface area contributed by atoms with Gasteiger partial charge in [0.1, 0.15) is 0 Å². The molecule has 0 bridgehead atoms. The minimum atomic E-state index is -0.430. The predicted octanol–water partition coefficient (Wildman–Crippen LogP) is 0.274. The van der Waals surface area contributed by atoms with E-state index in [2.05, 4.69) is 5.32 Å². The van der Waals surface area contributed by atoms with E-state index in [9.17, 15) is 9.59 Å². The molecule has 1 aliphatic heterocycles. The fourth-order valence-corrected chi connectivity index (χ4v) is 1.98. The minimum absolute atomic E-state index is 0.00725. The predicted molar refractivity (Wildman–Crippen MR) is 64.3 cm³/mol. The second kappa shape index (κ2) is 6.59. The van der Waals surface area contributed by atoms with E-state index in [-0.39, 0.29) is 17.9 Å². The molecule has 0 aromatic heterocycles. The van der Waals surface area contributed by atoms with Crippen LogP contribution in [0.15, 0.2) is 0 Å². The monoisotopic (exact) mass is 242 g/mol. The van der Waals surface area contributed by atoms with Crippen molar-refractivity contribution in [3.63, 3.8) is 0 Å². The van der Waals surface area contributed by atoms with Crippen LogP contribution in [0.3, 0.4) is 0 Å². The van der Waals surface area contributed by atoms with E-state index in [1.54, 1.807) is 18.7 Å². The summed E-state index contributed by atoms with van der Waals surface area (Å²) in [5.74, 6) is 0.0936. The lowest BCUT2D eigenvalue weighted by Gasteiger charge is -2.31. The maximum Gasteiger partial charge on any atom is 0.220 e. The van der Waals surface area contributed by atoms with Crippen LogP contribution in [-0.2, 0) is 9.59 Å². The summed E-state index contributed by atoms with van der Waals surface area (Å²) in [6.07, 6.45) is 2.07. The topological polar surface area (TPSA) is 69.6 Å². The molecular formula is C12H22N2O3. The highest BCUT2D eigenvalue weighted by Crippen LogP contribution is 2.10. The Bertz CT molecular complexity index is 271. The maximum absolute atomic E-state index is 11.5. The van der Waals surface area contributed by atoms with Gasteiger partial charge < -0.3 is 15.3 Å². The Balaban J connectivity index is 2.21. The Kier molecular flexibility index (Phi) is 5.41. The van der Waals surface area contributed by atoms with Gasteiger partial charge in [0.25, 0.3) is 0 Å². The number of nitrogens with zero attached hydrogens (tertiary/aromatic N) is 1. The molecule has 1 atom stereocenters. The lowest BCUT2D eigenvalue weighted by Crippen LogP contribution is -2.46. The molecule has 0 saturated carbocycles. The van der Waals surface area contributed by atoms with Gasteiger partial charge in [-0.25, -0.2) is 0 Å². The van der Waals surface area contributed by atoms with Crippen molar-refractivity contribution in [2.24, 2.45) is 0 Å². The van der Waals surface area contributed by atoms with Crippen molar-refractivity contribution in [3.8, 4) is 0 Å². The molecule has 0 radical (unpaired) electrons. The first-order valence-corrected chi connectivity index (χ1v) is 6.22. The molecule has 2 N–H and O–H groups in total. The fourth-order valence-electron chi connectivity index (χ4n) is 1.98. The largest absolute Gasteiger partial charge is 0.393 e. The molecule has 1 heterocycles. The SMILES string of the molecule is CC(=O)N1CCC(NC(=O)CCC(C)O)CC1. The summed E-state index contributed by atoms with van der Waals surface area (Å²) >= 11 is 0. The van der Waals surface area contributed by atoms with Crippen molar-refractivity contribution < 1.29 is 14.7 Å². The van der Waals surface area contributed by atoms with E-state index in [0.717, 1.165) is 25.9 Å². The third-order valence-corrected chi connectivity index (χ3v) is 3.09. The van der Waals surface area contributed by atoms with Crippen LogP contribution in [0.1, 0.15) is 39.5 Å². The molecule has 0 aromatic rings. The number of hydrogen-bond donors (Lipinski definition) is 2. The Morgan fingerprint density at radius 1 is 1.41 bits per heavy atom. The van der Waals surface area contributed by atoms with E-state index in [4.69, 9.17) is 5.11 Å². The summed E-state index contributed by atoms with van der Waals surface area (Å²) in [4.78, 5) is 24.4. The number of aliphatic hydroxyl groups excluding tert-OH is 1. The number of rotatable bonds is 4. The van der Waals surface area contributed by atoms with Crippen LogP contribution < -0.4 is 5.32 Å². The van der Waals surface area contributed by atoms with Crippen LogP contribution in [0, 0.1) is 0 Å². The Morgan fingerprint density at radius 3 is 2.47 bits per heavy atom. The van der Waals surface area contributed by atoms with Gasteiger partial charge in [-0.3, -0.25) is 9.59 Å². The fraction of sp³-hybridized carbons (Fsp3) is 0.833. The smallest absolute Gasteiger partial charge is 0.220 e. The van der Waals surface area contributed by atoms with E-state index >= 15 is 0 Å². The van der Waals surface area contributed by atoms with E-state index in [1.807, 2.05) is 0 Å². The number of aliphatic hydroxyl groups is 1. The summed E-state index contributed by atoms with van der Waals surface area (Å²) in [5, 5.41) is 12.0.